The minimum Gasteiger partial charge on any atom is -0.457 e. The van der Waals surface area contributed by atoms with Crippen LogP contribution in [0.2, 0.25) is 0 Å². The van der Waals surface area contributed by atoms with E-state index in [1.165, 1.54) is 30.5 Å². The van der Waals surface area contributed by atoms with Crippen molar-refractivity contribution in [3.05, 3.63) is 102 Å². The molecule has 4 rings (SSSR count). The quantitative estimate of drug-likeness (QED) is 0.478. The molecule has 0 radical (unpaired) electrons. The highest BCUT2D eigenvalue weighted by Crippen LogP contribution is 2.30. The summed E-state index contributed by atoms with van der Waals surface area (Å²) in [7, 11) is 0. The van der Waals surface area contributed by atoms with Gasteiger partial charge in [-0.2, -0.15) is 0 Å². The standard InChI is InChI=1S/C26H26FNO/c27-24-12-8-21(9-13-24)5-4-18-28-19-16-23(17-20-28)22-10-14-26(15-11-22)29-25-6-2-1-3-7-25/h1-15,23H,16-20H2. The lowest BCUT2D eigenvalue weighted by Crippen LogP contribution is -2.33. The Morgan fingerprint density at radius 2 is 1.48 bits per heavy atom. The van der Waals surface area contributed by atoms with Crippen molar-refractivity contribution in [3.63, 3.8) is 0 Å². The molecule has 0 saturated carbocycles. The highest BCUT2D eigenvalue weighted by atomic mass is 19.1. The zero-order valence-electron chi connectivity index (χ0n) is 16.5. The minimum absolute atomic E-state index is 0.191. The highest BCUT2D eigenvalue weighted by Gasteiger charge is 2.19. The molecule has 0 N–H and O–H groups in total. The molecule has 3 heteroatoms. The van der Waals surface area contributed by atoms with Gasteiger partial charge in [0.25, 0.3) is 0 Å². The number of ether oxygens (including phenoxy) is 1. The van der Waals surface area contributed by atoms with Crippen LogP contribution in [0.25, 0.3) is 6.08 Å². The van der Waals surface area contributed by atoms with Crippen molar-refractivity contribution in [1.82, 2.24) is 4.90 Å². The predicted octanol–water partition coefficient (Wildman–Crippen LogP) is 6.51. The molecule has 3 aromatic carbocycles. The Kier molecular flexibility index (Phi) is 6.38. The van der Waals surface area contributed by atoms with Gasteiger partial charge in [0.2, 0.25) is 0 Å². The van der Waals surface area contributed by atoms with Gasteiger partial charge in [0.1, 0.15) is 17.3 Å². The summed E-state index contributed by atoms with van der Waals surface area (Å²) >= 11 is 0. The van der Waals surface area contributed by atoms with Gasteiger partial charge in [-0.25, -0.2) is 4.39 Å². The van der Waals surface area contributed by atoms with Crippen LogP contribution in [0, 0.1) is 5.82 Å². The van der Waals surface area contributed by atoms with Crippen molar-refractivity contribution >= 4 is 6.08 Å². The molecule has 0 spiro atoms. The van der Waals surface area contributed by atoms with E-state index in [2.05, 4.69) is 41.3 Å². The first kappa shape index (κ1) is 19.4. The van der Waals surface area contributed by atoms with E-state index in [0.717, 1.165) is 36.7 Å². The van der Waals surface area contributed by atoms with E-state index in [1.54, 1.807) is 0 Å². The zero-order valence-corrected chi connectivity index (χ0v) is 16.5. The predicted molar refractivity (Wildman–Crippen MR) is 117 cm³/mol. The van der Waals surface area contributed by atoms with E-state index >= 15 is 0 Å². The van der Waals surface area contributed by atoms with Gasteiger partial charge in [0.15, 0.2) is 0 Å². The van der Waals surface area contributed by atoms with Crippen molar-refractivity contribution < 1.29 is 9.13 Å². The summed E-state index contributed by atoms with van der Waals surface area (Å²) in [6.07, 6.45) is 6.58. The number of benzene rings is 3. The summed E-state index contributed by atoms with van der Waals surface area (Å²) in [5.41, 5.74) is 2.44. The Morgan fingerprint density at radius 3 is 2.17 bits per heavy atom. The molecular weight excluding hydrogens is 361 g/mol. The van der Waals surface area contributed by atoms with E-state index in [-0.39, 0.29) is 5.82 Å². The first-order valence-corrected chi connectivity index (χ1v) is 10.2. The zero-order chi connectivity index (χ0) is 19.9. The fourth-order valence-corrected chi connectivity index (χ4v) is 3.79. The summed E-state index contributed by atoms with van der Waals surface area (Å²) in [5.74, 6) is 2.16. The number of hydrogen-bond donors (Lipinski definition) is 0. The summed E-state index contributed by atoms with van der Waals surface area (Å²) in [6, 6.07) is 25.0. The van der Waals surface area contributed by atoms with Crippen LogP contribution in [-0.4, -0.2) is 24.5 Å². The van der Waals surface area contributed by atoms with E-state index in [1.807, 2.05) is 42.5 Å². The molecule has 1 saturated heterocycles. The molecule has 3 aromatic rings. The van der Waals surface area contributed by atoms with Gasteiger partial charge in [0.05, 0.1) is 0 Å². The van der Waals surface area contributed by atoms with E-state index in [4.69, 9.17) is 4.74 Å². The monoisotopic (exact) mass is 387 g/mol. The number of nitrogens with zero attached hydrogens (tertiary/aromatic N) is 1. The summed E-state index contributed by atoms with van der Waals surface area (Å²) < 4.78 is 18.8. The average molecular weight is 387 g/mol. The van der Waals surface area contributed by atoms with E-state index < -0.39 is 0 Å². The molecule has 0 aliphatic carbocycles. The third kappa shape index (κ3) is 5.55. The van der Waals surface area contributed by atoms with Crippen molar-refractivity contribution in [2.24, 2.45) is 0 Å². The Morgan fingerprint density at radius 1 is 0.828 bits per heavy atom. The lowest BCUT2D eigenvalue weighted by atomic mass is 9.89. The number of piperidine rings is 1. The molecule has 0 amide bonds. The maximum absolute atomic E-state index is 13.0. The SMILES string of the molecule is Fc1ccc(C=CCN2CCC(c3ccc(Oc4ccccc4)cc3)CC2)cc1. The fourth-order valence-electron chi connectivity index (χ4n) is 3.79. The maximum Gasteiger partial charge on any atom is 0.127 e. The third-order valence-electron chi connectivity index (χ3n) is 5.46. The first-order valence-electron chi connectivity index (χ1n) is 10.2. The van der Waals surface area contributed by atoms with Gasteiger partial charge < -0.3 is 4.74 Å². The normalized spacial score (nSPS) is 15.6. The molecule has 0 bridgehead atoms. The summed E-state index contributed by atoms with van der Waals surface area (Å²) in [5, 5.41) is 0. The molecule has 0 aromatic heterocycles. The van der Waals surface area contributed by atoms with Gasteiger partial charge >= 0.3 is 0 Å². The molecule has 2 nitrogen and oxygen atoms in total. The molecule has 1 aliphatic rings. The second-order valence-corrected chi connectivity index (χ2v) is 7.51. The summed E-state index contributed by atoms with van der Waals surface area (Å²) in [4.78, 5) is 2.48. The van der Waals surface area contributed by atoms with Crippen LogP contribution in [0.1, 0.15) is 29.9 Å². The van der Waals surface area contributed by atoms with Crippen molar-refractivity contribution in [2.75, 3.05) is 19.6 Å². The lowest BCUT2D eigenvalue weighted by molar-refractivity contribution is 0.233. The molecule has 1 fully saturated rings. The topological polar surface area (TPSA) is 12.5 Å². The van der Waals surface area contributed by atoms with Crippen LogP contribution in [0.4, 0.5) is 4.39 Å². The molecule has 148 valence electrons. The fraction of sp³-hybridized carbons (Fsp3) is 0.231. The molecule has 29 heavy (non-hydrogen) atoms. The number of hydrogen-bond acceptors (Lipinski definition) is 2. The Balaban J connectivity index is 1.25. The van der Waals surface area contributed by atoms with Crippen LogP contribution in [-0.2, 0) is 0 Å². The Bertz CT molecular complexity index is 911. The van der Waals surface area contributed by atoms with E-state index in [9.17, 15) is 4.39 Å². The molecular formula is C26H26FNO. The first-order chi connectivity index (χ1) is 14.3. The Hall–Kier alpha value is -2.91. The molecule has 0 unspecified atom stereocenters. The lowest BCUT2D eigenvalue weighted by Gasteiger charge is -2.31. The molecule has 0 atom stereocenters. The van der Waals surface area contributed by atoms with Crippen molar-refractivity contribution in [3.8, 4) is 11.5 Å². The highest BCUT2D eigenvalue weighted by molar-refractivity contribution is 5.49. The molecule has 1 heterocycles. The molecule has 1 aliphatic heterocycles. The van der Waals surface area contributed by atoms with Gasteiger partial charge in [-0.15, -0.1) is 0 Å². The number of halogens is 1. The smallest absolute Gasteiger partial charge is 0.127 e. The number of likely N-dealkylation sites (tertiary alicyclic amines) is 1. The van der Waals surface area contributed by atoms with Crippen LogP contribution in [0.15, 0.2) is 84.9 Å². The second kappa shape index (κ2) is 9.53. The van der Waals surface area contributed by atoms with Crippen molar-refractivity contribution in [1.29, 1.82) is 0 Å². The van der Waals surface area contributed by atoms with Gasteiger partial charge in [-0.05, 0) is 79.4 Å². The van der Waals surface area contributed by atoms with Gasteiger partial charge in [-0.3, -0.25) is 4.90 Å². The van der Waals surface area contributed by atoms with Gasteiger partial charge in [-0.1, -0.05) is 54.6 Å². The van der Waals surface area contributed by atoms with Crippen LogP contribution >= 0.6 is 0 Å². The maximum atomic E-state index is 13.0. The summed E-state index contributed by atoms with van der Waals surface area (Å²) in [6.45, 7) is 3.13. The minimum atomic E-state index is -0.191. The van der Waals surface area contributed by atoms with Gasteiger partial charge in [0, 0.05) is 6.54 Å². The van der Waals surface area contributed by atoms with Crippen molar-refractivity contribution in [2.45, 2.75) is 18.8 Å². The van der Waals surface area contributed by atoms with Crippen LogP contribution in [0.5, 0.6) is 11.5 Å². The van der Waals surface area contributed by atoms with Crippen LogP contribution < -0.4 is 4.74 Å². The second-order valence-electron chi connectivity index (χ2n) is 7.51. The Labute approximate surface area is 172 Å². The van der Waals surface area contributed by atoms with Crippen LogP contribution in [0.3, 0.4) is 0 Å². The number of rotatable bonds is 6. The largest absolute Gasteiger partial charge is 0.457 e. The van der Waals surface area contributed by atoms with E-state index in [0.29, 0.717) is 5.92 Å². The average Bonchev–Trinajstić information content (AvgIpc) is 2.77. The number of para-hydroxylation sites is 1. The third-order valence-corrected chi connectivity index (χ3v) is 5.46.